The van der Waals surface area contributed by atoms with Gasteiger partial charge in [-0.05, 0) is 11.5 Å². The zero-order chi connectivity index (χ0) is 11.5. The lowest BCUT2D eigenvalue weighted by Gasteiger charge is -2.18. The Kier molecular flexibility index (Phi) is 3.24. The third kappa shape index (κ3) is 3.53. The van der Waals surface area contributed by atoms with E-state index in [1.54, 1.807) is 6.07 Å². The van der Waals surface area contributed by atoms with Gasteiger partial charge in [0.2, 0.25) is 5.82 Å². The lowest BCUT2D eigenvalue weighted by atomic mass is 9.97. The maximum absolute atomic E-state index is 10.7. The fourth-order valence-corrected chi connectivity index (χ4v) is 1.03. The van der Waals surface area contributed by atoms with Gasteiger partial charge in [-0.3, -0.25) is 10.1 Å². The van der Waals surface area contributed by atoms with E-state index in [1.165, 1.54) is 12.3 Å². The third-order valence-corrected chi connectivity index (χ3v) is 1.77. The van der Waals surface area contributed by atoms with Crippen LogP contribution in [0.3, 0.4) is 0 Å². The average molecular weight is 209 g/mol. The Hall–Kier alpha value is -1.65. The van der Waals surface area contributed by atoms with E-state index >= 15 is 0 Å². The standard InChI is InChI=1S/C10H15N3O2/c1-10(2,3)7-12-9-8(13(14)15)5-4-6-11-9/h4-6H,7H2,1-3H3,(H,11,12). The molecule has 1 N–H and O–H groups in total. The number of pyridine rings is 1. The van der Waals surface area contributed by atoms with Gasteiger partial charge in [0, 0.05) is 18.8 Å². The number of anilines is 1. The summed E-state index contributed by atoms with van der Waals surface area (Å²) in [5.74, 6) is 0.331. The van der Waals surface area contributed by atoms with Gasteiger partial charge in [-0.1, -0.05) is 20.8 Å². The Morgan fingerprint density at radius 3 is 2.73 bits per heavy atom. The van der Waals surface area contributed by atoms with Crippen molar-refractivity contribution in [1.82, 2.24) is 4.98 Å². The van der Waals surface area contributed by atoms with Crippen LogP contribution < -0.4 is 5.32 Å². The summed E-state index contributed by atoms with van der Waals surface area (Å²) in [6.07, 6.45) is 1.54. The molecule has 0 aliphatic carbocycles. The molecule has 1 aromatic heterocycles. The van der Waals surface area contributed by atoms with Crippen LogP contribution in [-0.2, 0) is 0 Å². The molecule has 5 nitrogen and oxygen atoms in total. The molecule has 0 spiro atoms. The van der Waals surface area contributed by atoms with Crippen LogP contribution in [0, 0.1) is 15.5 Å². The molecule has 0 aliphatic heterocycles. The Balaban J connectivity index is 2.81. The first-order chi connectivity index (χ1) is 6.90. The first-order valence-electron chi connectivity index (χ1n) is 4.73. The van der Waals surface area contributed by atoms with Crippen molar-refractivity contribution in [2.24, 2.45) is 5.41 Å². The van der Waals surface area contributed by atoms with Crippen LogP contribution >= 0.6 is 0 Å². The highest BCUT2D eigenvalue weighted by molar-refractivity contribution is 5.55. The van der Waals surface area contributed by atoms with Crippen molar-refractivity contribution in [3.63, 3.8) is 0 Å². The van der Waals surface area contributed by atoms with Gasteiger partial charge in [-0.2, -0.15) is 0 Å². The van der Waals surface area contributed by atoms with Crippen molar-refractivity contribution in [3.05, 3.63) is 28.4 Å². The summed E-state index contributed by atoms with van der Waals surface area (Å²) in [6, 6.07) is 3.00. The first kappa shape index (κ1) is 11.4. The molecule has 0 radical (unpaired) electrons. The molecule has 0 amide bonds. The van der Waals surface area contributed by atoms with Crippen LogP contribution in [0.5, 0.6) is 0 Å². The molecular weight excluding hydrogens is 194 g/mol. The molecule has 0 saturated heterocycles. The largest absolute Gasteiger partial charge is 0.364 e. The summed E-state index contributed by atoms with van der Waals surface area (Å²) in [5.41, 5.74) is 0.0764. The molecule has 0 aromatic carbocycles. The molecule has 0 atom stereocenters. The summed E-state index contributed by atoms with van der Waals surface area (Å²) in [4.78, 5) is 14.2. The second-order valence-corrected chi connectivity index (χ2v) is 4.54. The van der Waals surface area contributed by atoms with Gasteiger partial charge in [0.25, 0.3) is 0 Å². The Bertz CT molecular complexity index is 358. The molecule has 0 aliphatic rings. The van der Waals surface area contributed by atoms with Crippen molar-refractivity contribution in [2.45, 2.75) is 20.8 Å². The molecule has 82 valence electrons. The molecule has 1 rings (SSSR count). The Morgan fingerprint density at radius 2 is 2.20 bits per heavy atom. The molecular formula is C10H15N3O2. The molecule has 0 saturated carbocycles. The van der Waals surface area contributed by atoms with E-state index in [1.807, 2.05) is 0 Å². The molecule has 1 aromatic rings. The molecule has 0 fully saturated rings. The van der Waals surface area contributed by atoms with E-state index in [2.05, 4.69) is 31.1 Å². The predicted octanol–water partition coefficient (Wildman–Crippen LogP) is 2.45. The van der Waals surface area contributed by atoms with E-state index in [9.17, 15) is 10.1 Å². The minimum absolute atomic E-state index is 0.0155. The first-order valence-corrected chi connectivity index (χ1v) is 4.73. The van der Waals surface area contributed by atoms with Gasteiger partial charge in [0.15, 0.2) is 0 Å². The topological polar surface area (TPSA) is 68.1 Å². The quantitative estimate of drug-likeness (QED) is 0.613. The number of nitrogens with one attached hydrogen (secondary N) is 1. The molecule has 5 heteroatoms. The smallest absolute Gasteiger partial charge is 0.311 e. The average Bonchev–Trinajstić information content (AvgIpc) is 2.14. The third-order valence-electron chi connectivity index (χ3n) is 1.77. The van der Waals surface area contributed by atoms with Crippen LogP contribution in [0.2, 0.25) is 0 Å². The van der Waals surface area contributed by atoms with Crippen LogP contribution in [0.25, 0.3) is 0 Å². The zero-order valence-electron chi connectivity index (χ0n) is 9.15. The second kappa shape index (κ2) is 4.25. The van der Waals surface area contributed by atoms with Gasteiger partial charge < -0.3 is 5.32 Å². The molecule has 0 bridgehead atoms. The fraction of sp³-hybridized carbons (Fsp3) is 0.500. The van der Waals surface area contributed by atoms with Crippen molar-refractivity contribution in [2.75, 3.05) is 11.9 Å². The van der Waals surface area contributed by atoms with E-state index in [0.29, 0.717) is 12.4 Å². The second-order valence-electron chi connectivity index (χ2n) is 4.54. The van der Waals surface area contributed by atoms with Crippen LogP contribution in [0.15, 0.2) is 18.3 Å². The van der Waals surface area contributed by atoms with Crippen LogP contribution in [0.4, 0.5) is 11.5 Å². The van der Waals surface area contributed by atoms with Crippen LogP contribution in [0.1, 0.15) is 20.8 Å². The van der Waals surface area contributed by atoms with Gasteiger partial charge in [0.1, 0.15) is 0 Å². The minimum Gasteiger partial charge on any atom is -0.364 e. The Labute approximate surface area is 88.7 Å². The lowest BCUT2D eigenvalue weighted by molar-refractivity contribution is -0.384. The summed E-state index contributed by atoms with van der Waals surface area (Å²) < 4.78 is 0. The minimum atomic E-state index is -0.433. The van der Waals surface area contributed by atoms with Gasteiger partial charge >= 0.3 is 5.69 Å². The number of hydrogen-bond acceptors (Lipinski definition) is 4. The Morgan fingerprint density at radius 1 is 1.53 bits per heavy atom. The number of aromatic nitrogens is 1. The highest BCUT2D eigenvalue weighted by Crippen LogP contribution is 2.22. The van der Waals surface area contributed by atoms with Gasteiger partial charge in [-0.25, -0.2) is 4.98 Å². The van der Waals surface area contributed by atoms with E-state index < -0.39 is 4.92 Å². The van der Waals surface area contributed by atoms with Crippen molar-refractivity contribution >= 4 is 11.5 Å². The summed E-state index contributed by atoms with van der Waals surface area (Å²) in [5, 5.41) is 13.7. The molecule has 1 heterocycles. The van der Waals surface area contributed by atoms with E-state index in [0.717, 1.165) is 0 Å². The van der Waals surface area contributed by atoms with Gasteiger partial charge in [0.05, 0.1) is 4.92 Å². The maximum Gasteiger partial charge on any atom is 0.311 e. The van der Waals surface area contributed by atoms with Crippen LogP contribution in [-0.4, -0.2) is 16.5 Å². The molecule has 0 unspecified atom stereocenters. The SMILES string of the molecule is CC(C)(C)CNc1ncccc1[N+](=O)[O-]. The number of rotatable bonds is 3. The van der Waals surface area contributed by atoms with Gasteiger partial charge in [-0.15, -0.1) is 0 Å². The number of hydrogen-bond donors (Lipinski definition) is 1. The summed E-state index contributed by atoms with van der Waals surface area (Å²) in [6.45, 7) is 6.79. The number of nitro groups is 1. The summed E-state index contributed by atoms with van der Waals surface area (Å²) in [7, 11) is 0. The van der Waals surface area contributed by atoms with E-state index in [-0.39, 0.29) is 11.1 Å². The highest BCUT2D eigenvalue weighted by Gasteiger charge is 2.16. The normalized spacial score (nSPS) is 11.1. The summed E-state index contributed by atoms with van der Waals surface area (Å²) >= 11 is 0. The van der Waals surface area contributed by atoms with E-state index in [4.69, 9.17) is 0 Å². The fourth-order valence-electron chi connectivity index (χ4n) is 1.03. The van der Waals surface area contributed by atoms with Crippen molar-refractivity contribution < 1.29 is 4.92 Å². The van der Waals surface area contributed by atoms with Crippen molar-refractivity contribution in [1.29, 1.82) is 0 Å². The van der Waals surface area contributed by atoms with Crippen molar-refractivity contribution in [3.8, 4) is 0 Å². The lowest BCUT2D eigenvalue weighted by Crippen LogP contribution is -2.20. The monoisotopic (exact) mass is 209 g/mol. The predicted molar refractivity (Wildman–Crippen MR) is 58.8 cm³/mol. The zero-order valence-corrected chi connectivity index (χ0v) is 9.15. The highest BCUT2D eigenvalue weighted by atomic mass is 16.6. The molecule has 15 heavy (non-hydrogen) atoms. The number of nitrogens with zero attached hydrogens (tertiary/aromatic N) is 2. The maximum atomic E-state index is 10.7.